The molecule has 0 saturated carbocycles. The molecule has 1 amide bonds. The summed E-state index contributed by atoms with van der Waals surface area (Å²) >= 11 is 0.996. The molecule has 1 aliphatic rings. The fraction of sp³-hybridized carbons (Fsp3) is 0.235. The molecule has 1 aromatic heterocycles. The van der Waals surface area contributed by atoms with Crippen molar-refractivity contribution in [3.05, 3.63) is 54.1 Å². The lowest BCUT2D eigenvalue weighted by Gasteiger charge is -2.34. The lowest BCUT2D eigenvalue weighted by molar-refractivity contribution is 0.0698. The Balaban J connectivity index is 1.52. The summed E-state index contributed by atoms with van der Waals surface area (Å²) in [6.45, 7) is 1.24. The monoisotopic (exact) mass is 388 g/mol. The molecule has 0 atom stereocenters. The second kappa shape index (κ2) is 6.75. The van der Waals surface area contributed by atoms with Crippen molar-refractivity contribution in [3.8, 4) is 0 Å². The van der Waals surface area contributed by atoms with Crippen LogP contribution in [0.2, 0.25) is 0 Å². The van der Waals surface area contributed by atoms with Gasteiger partial charge < -0.3 is 4.90 Å². The molecule has 1 aliphatic heterocycles. The van der Waals surface area contributed by atoms with Crippen LogP contribution in [-0.4, -0.2) is 58.5 Å². The van der Waals surface area contributed by atoms with Crippen LogP contribution in [0.3, 0.4) is 0 Å². The van der Waals surface area contributed by atoms with Crippen molar-refractivity contribution in [2.45, 2.75) is 4.90 Å². The van der Waals surface area contributed by atoms with Crippen LogP contribution in [0.4, 0.5) is 0 Å². The number of sulfonamides is 1. The summed E-state index contributed by atoms with van der Waals surface area (Å²) in [5.74, 6) is -0.0755. The zero-order valence-corrected chi connectivity index (χ0v) is 15.4. The van der Waals surface area contributed by atoms with Gasteiger partial charge in [0.05, 0.1) is 11.7 Å². The van der Waals surface area contributed by atoms with Gasteiger partial charge in [-0.25, -0.2) is 8.42 Å². The van der Waals surface area contributed by atoms with E-state index in [4.69, 9.17) is 0 Å². The van der Waals surface area contributed by atoms with E-state index in [1.54, 1.807) is 35.2 Å². The summed E-state index contributed by atoms with van der Waals surface area (Å²) in [5.41, 5.74) is 1.59. The van der Waals surface area contributed by atoms with E-state index in [1.807, 2.05) is 18.2 Å². The van der Waals surface area contributed by atoms with Crippen molar-refractivity contribution in [1.82, 2.24) is 18.0 Å². The van der Waals surface area contributed by atoms with Gasteiger partial charge in [0.2, 0.25) is 10.0 Å². The number of hydrogen-bond acceptors (Lipinski definition) is 6. The molecule has 1 saturated heterocycles. The van der Waals surface area contributed by atoms with Crippen LogP contribution < -0.4 is 0 Å². The van der Waals surface area contributed by atoms with Crippen molar-refractivity contribution in [3.63, 3.8) is 0 Å². The second-order valence-corrected chi connectivity index (χ2v) is 8.39. The molecule has 134 valence electrons. The van der Waals surface area contributed by atoms with E-state index in [0.717, 1.165) is 11.7 Å². The molecule has 0 N–H and O–H groups in total. The van der Waals surface area contributed by atoms with E-state index < -0.39 is 10.0 Å². The lowest BCUT2D eigenvalue weighted by Crippen LogP contribution is -2.50. The number of hydrogen-bond donors (Lipinski definition) is 0. The molecular weight excluding hydrogens is 372 g/mol. The average molecular weight is 388 g/mol. The van der Waals surface area contributed by atoms with Crippen LogP contribution in [-0.2, 0) is 10.0 Å². The molecule has 9 heteroatoms. The Kier molecular flexibility index (Phi) is 4.43. The van der Waals surface area contributed by atoms with E-state index >= 15 is 0 Å². The van der Waals surface area contributed by atoms with Crippen molar-refractivity contribution in [2.24, 2.45) is 0 Å². The van der Waals surface area contributed by atoms with Crippen LogP contribution in [0.5, 0.6) is 0 Å². The van der Waals surface area contributed by atoms with Crippen molar-refractivity contribution >= 4 is 38.7 Å². The first kappa shape index (κ1) is 17.1. The van der Waals surface area contributed by atoms with Gasteiger partial charge in [-0.15, -0.1) is 0 Å². The lowest BCUT2D eigenvalue weighted by atomic mass is 10.2. The van der Waals surface area contributed by atoms with E-state index in [-0.39, 0.29) is 23.9 Å². The highest BCUT2D eigenvalue weighted by atomic mass is 32.2. The van der Waals surface area contributed by atoms with E-state index in [1.165, 1.54) is 4.31 Å². The van der Waals surface area contributed by atoms with Gasteiger partial charge in [-0.2, -0.15) is 13.1 Å². The predicted molar refractivity (Wildman–Crippen MR) is 98.5 cm³/mol. The Morgan fingerprint density at radius 3 is 2.38 bits per heavy atom. The van der Waals surface area contributed by atoms with Gasteiger partial charge in [-0.1, -0.05) is 24.3 Å². The van der Waals surface area contributed by atoms with Crippen molar-refractivity contribution < 1.29 is 13.2 Å². The molecule has 4 rings (SSSR count). The Morgan fingerprint density at radius 1 is 0.923 bits per heavy atom. The number of nitrogens with zero attached hydrogens (tertiary/aromatic N) is 4. The minimum Gasteiger partial charge on any atom is -0.336 e. The van der Waals surface area contributed by atoms with E-state index in [9.17, 15) is 13.2 Å². The highest BCUT2D eigenvalue weighted by Gasteiger charge is 2.32. The third-order valence-corrected chi connectivity index (χ3v) is 6.89. The van der Waals surface area contributed by atoms with Gasteiger partial charge in [0, 0.05) is 31.7 Å². The average Bonchev–Trinajstić information content (AvgIpc) is 3.17. The molecule has 0 radical (unpaired) electrons. The molecule has 0 spiro atoms. The van der Waals surface area contributed by atoms with Crippen LogP contribution in [0.25, 0.3) is 11.0 Å². The summed E-state index contributed by atoms with van der Waals surface area (Å²) in [4.78, 5) is 14.4. The summed E-state index contributed by atoms with van der Waals surface area (Å²) in [7, 11) is -3.67. The Bertz CT molecular complexity index is 1040. The van der Waals surface area contributed by atoms with Crippen molar-refractivity contribution in [2.75, 3.05) is 26.2 Å². The zero-order chi connectivity index (χ0) is 18.1. The molecule has 2 aromatic carbocycles. The fourth-order valence-corrected chi connectivity index (χ4v) is 5.20. The standard InChI is InChI=1S/C17H16N4O3S2/c22-17(13-5-2-1-3-6-13)20-9-11-21(12-10-20)26(23,24)15-8-4-7-14-16(15)19-25-18-14/h1-8H,9-12H2. The molecule has 2 heterocycles. The highest BCUT2D eigenvalue weighted by molar-refractivity contribution is 7.89. The van der Waals surface area contributed by atoms with Crippen LogP contribution in [0, 0.1) is 0 Å². The molecular formula is C17H16N4O3S2. The highest BCUT2D eigenvalue weighted by Crippen LogP contribution is 2.25. The first-order valence-electron chi connectivity index (χ1n) is 8.13. The van der Waals surface area contributed by atoms with Crippen molar-refractivity contribution in [1.29, 1.82) is 0 Å². The van der Waals surface area contributed by atoms with Gasteiger partial charge in [0.25, 0.3) is 5.91 Å². The Hall–Kier alpha value is -2.36. The van der Waals surface area contributed by atoms with Gasteiger partial charge in [-0.05, 0) is 24.3 Å². The zero-order valence-electron chi connectivity index (χ0n) is 13.8. The van der Waals surface area contributed by atoms with Gasteiger partial charge in [0.15, 0.2) is 0 Å². The molecule has 0 unspecified atom stereocenters. The van der Waals surface area contributed by atoms with Crippen LogP contribution >= 0.6 is 11.7 Å². The normalized spacial score (nSPS) is 16.1. The second-order valence-electron chi connectivity index (χ2n) is 5.95. The minimum absolute atomic E-state index is 0.0755. The number of fused-ring (bicyclic) bond motifs is 1. The number of carbonyl (C=O) groups is 1. The van der Waals surface area contributed by atoms with Gasteiger partial charge in [-0.3, -0.25) is 4.79 Å². The third-order valence-electron chi connectivity index (χ3n) is 4.41. The van der Waals surface area contributed by atoms with Crippen LogP contribution in [0.15, 0.2) is 53.4 Å². The van der Waals surface area contributed by atoms with Gasteiger partial charge >= 0.3 is 0 Å². The number of carbonyl (C=O) groups excluding carboxylic acids is 1. The molecule has 26 heavy (non-hydrogen) atoms. The summed E-state index contributed by atoms with van der Waals surface area (Å²) in [5, 5.41) is 0. The SMILES string of the molecule is O=C(c1ccccc1)N1CCN(S(=O)(=O)c2cccc3nsnc23)CC1. The summed E-state index contributed by atoms with van der Waals surface area (Å²) in [6.07, 6.45) is 0. The Morgan fingerprint density at radius 2 is 1.65 bits per heavy atom. The molecule has 7 nitrogen and oxygen atoms in total. The number of amides is 1. The first-order chi connectivity index (χ1) is 12.6. The van der Waals surface area contributed by atoms with E-state index in [2.05, 4.69) is 8.75 Å². The third kappa shape index (κ3) is 2.98. The van der Waals surface area contributed by atoms with Crippen LogP contribution in [0.1, 0.15) is 10.4 Å². The number of aromatic nitrogens is 2. The molecule has 0 aliphatic carbocycles. The Labute approximate surface area is 155 Å². The summed E-state index contributed by atoms with van der Waals surface area (Å²) < 4.78 is 35.6. The maximum atomic E-state index is 13.0. The van der Waals surface area contributed by atoms with Gasteiger partial charge in [0.1, 0.15) is 15.9 Å². The largest absolute Gasteiger partial charge is 0.336 e. The number of benzene rings is 2. The quantitative estimate of drug-likeness (QED) is 0.684. The fourth-order valence-electron chi connectivity index (χ4n) is 3.02. The topological polar surface area (TPSA) is 83.5 Å². The molecule has 1 fully saturated rings. The number of piperazine rings is 1. The number of rotatable bonds is 3. The molecule has 3 aromatic rings. The van der Waals surface area contributed by atoms with E-state index in [0.29, 0.717) is 29.7 Å². The molecule has 0 bridgehead atoms. The maximum absolute atomic E-state index is 13.0. The maximum Gasteiger partial charge on any atom is 0.253 e. The minimum atomic E-state index is -3.67. The summed E-state index contributed by atoms with van der Waals surface area (Å²) in [6, 6.07) is 14.0. The smallest absolute Gasteiger partial charge is 0.253 e. The predicted octanol–water partition coefficient (Wildman–Crippen LogP) is 1.84. The first-order valence-corrected chi connectivity index (χ1v) is 10.3.